The van der Waals surface area contributed by atoms with Gasteiger partial charge in [0.1, 0.15) is 11.9 Å². The van der Waals surface area contributed by atoms with Crippen molar-refractivity contribution in [2.75, 3.05) is 18.0 Å². The summed E-state index contributed by atoms with van der Waals surface area (Å²) in [6, 6.07) is 2.82. The molecular weight excluding hydrogens is 318 g/mol. The van der Waals surface area contributed by atoms with E-state index < -0.39 is 12.0 Å². The molecule has 0 spiro atoms. The van der Waals surface area contributed by atoms with Crippen LogP contribution in [-0.4, -0.2) is 41.1 Å². The SMILES string of the molecule is CC(C)[C@H](NC(=O)C1CCN(c2ccc(Cl)cn2)CC1)C(=O)O. The number of amides is 1. The number of piperidine rings is 1. The third-order valence-corrected chi connectivity index (χ3v) is 4.36. The summed E-state index contributed by atoms with van der Waals surface area (Å²) in [4.78, 5) is 29.9. The molecule has 1 amide bonds. The van der Waals surface area contributed by atoms with E-state index in [1.54, 1.807) is 26.1 Å². The minimum atomic E-state index is -0.990. The lowest BCUT2D eigenvalue weighted by atomic mass is 9.94. The van der Waals surface area contributed by atoms with Crippen LogP contribution in [0.15, 0.2) is 18.3 Å². The quantitative estimate of drug-likeness (QED) is 0.859. The number of nitrogens with zero attached hydrogens (tertiary/aromatic N) is 2. The van der Waals surface area contributed by atoms with Crippen LogP contribution in [0.3, 0.4) is 0 Å². The smallest absolute Gasteiger partial charge is 0.326 e. The molecule has 2 heterocycles. The summed E-state index contributed by atoms with van der Waals surface area (Å²) in [6.07, 6.45) is 2.97. The van der Waals surface area contributed by atoms with Crippen molar-refractivity contribution < 1.29 is 14.7 Å². The maximum atomic E-state index is 12.3. The predicted molar refractivity (Wildman–Crippen MR) is 88.6 cm³/mol. The fraction of sp³-hybridized carbons (Fsp3) is 0.562. The maximum absolute atomic E-state index is 12.3. The Hall–Kier alpha value is -1.82. The molecule has 126 valence electrons. The van der Waals surface area contributed by atoms with Crippen LogP contribution in [-0.2, 0) is 9.59 Å². The van der Waals surface area contributed by atoms with E-state index in [1.165, 1.54) is 0 Å². The van der Waals surface area contributed by atoms with Gasteiger partial charge >= 0.3 is 5.97 Å². The summed E-state index contributed by atoms with van der Waals surface area (Å²) in [5.74, 6) is -0.612. The van der Waals surface area contributed by atoms with Crippen molar-refractivity contribution in [3.8, 4) is 0 Å². The Bertz CT molecular complexity index is 554. The highest BCUT2D eigenvalue weighted by Crippen LogP contribution is 2.23. The van der Waals surface area contributed by atoms with Crippen molar-refractivity contribution in [3.05, 3.63) is 23.4 Å². The highest BCUT2D eigenvalue weighted by atomic mass is 35.5. The molecule has 2 rings (SSSR count). The summed E-state index contributed by atoms with van der Waals surface area (Å²) in [6.45, 7) is 5.00. The van der Waals surface area contributed by atoms with Crippen molar-refractivity contribution in [2.24, 2.45) is 11.8 Å². The number of anilines is 1. The molecule has 0 saturated carbocycles. The first-order valence-corrected chi connectivity index (χ1v) is 8.16. The number of aromatic nitrogens is 1. The van der Waals surface area contributed by atoms with E-state index in [2.05, 4.69) is 15.2 Å². The highest BCUT2D eigenvalue weighted by molar-refractivity contribution is 6.30. The van der Waals surface area contributed by atoms with Gasteiger partial charge < -0.3 is 15.3 Å². The number of carboxylic acid groups (broad SMARTS) is 1. The maximum Gasteiger partial charge on any atom is 0.326 e. The molecule has 1 aromatic heterocycles. The number of nitrogens with one attached hydrogen (secondary N) is 1. The van der Waals surface area contributed by atoms with Crippen molar-refractivity contribution in [1.82, 2.24) is 10.3 Å². The van der Waals surface area contributed by atoms with Crippen molar-refractivity contribution in [1.29, 1.82) is 0 Å². The zero-order chi connectivity index (χ0) is 17.0. The lowest BCUT2D eigenvalue weighted by Crippen LogP contribution is -2.48. The van der Waals surface area contributed by atoms with Gasteiger partial charge in [0, 0.05) is 25.2 Å². The molecule has 1 saturated heterocycles. The van der Waals surface area contributed by atoms with Crippen LogP contribution in [0.4, 0.5) is 5.82 Å². The summed E-state index contributed by atoms with van der Waals surface area (Å²) >= 11 is 5.83. The number of carboxylic acids is 1. The Morgan fingerprint density at radius 3 is 2.48 bits per heavy atom. The lowest BCUT2D eigenvalue weighted by Gasteiger charge is -2.32. The third kappa shape index (κ3) is 4.58. The van der Waals surface area contributed by atoms with Gasteiger partial charge in [-0.05, 0) is 30.9 Å². The van der Waals surface area contributed by atoms with Crippen LogP contribution in [0.25, 0.3) is 0 Å². The minimum Gasteiger partial charge on any atom is -0.480 e. The number of carbonyl (C=O) groups is 2. The number of carbonyl (C=O) groups excluding carboxylic acids is 1. The second kappa shape index (κ2) is 7.64. The van der Waals surface area contributed by atoms with Gasteiger partial charge in [-0.1, -0.05) is 25.4 Å². The molecular formula is C16H22ClN3O3. The number of halogens is 1. The Morgan fingerprint density at radius 2 is 2.00 bits per heavy atom. The van der Waals surface area contributed by atoms with Crippen LogP contribution in [0.5, 0.6) is 0 Å². The molecule has 0 aromatic carbocycles. The summed E-state index contributed by atoms with van der Waals surface area (Å²) in [5, 5.41) is 12.4. The molecule has 7 heteroatoms. The molecule has 0 unspecified atom stereocenters. The van der Waals surface area contributed by atoms with E-state index in [0.717, 1.165) is 5.82 Å². The zero-order valence-corrected chi connectivity index (χ0v) is 14.1. The molecule has 1 aliphatic heterocycles. The van der Waals surface area contributed by atoms with Gasteiger partial charge in [0.15, 0.2) is 0 Å². The van der Waals surface area contributed by atoms with Crippen LogP contribution in [0.2, 0.25) is 5.02 Å². The van der Waals surface area contributed by atoms with Crippen LogP contribution < -0.4 is 10.2 Å². The van der Waals surface area contributed by atoms with Crippen LogP contribution >= 0.6 is 11.6 Å². The fourth-order valence-electron chi connectivity index (χ4n) is 2.71. The molecule has 0 aliphatic carbocycles. The van der Waals surface area contributed by atoms with E-state index in [4.69, 9.17) is 16.7 Å². The molecule has 1 aliphatic rings. The standard InChI is InChI=1S/C16H22ClN3O3/c1-10(2)14(16(22)23)19-15(21)11-5-7-20(8-6-11)13-4-3-12(17)9-18-13/h3-4,9-11,14H,5-8H2,1-2H3,(H,19,21)(H,22,23)/t14-/m0/s1. The number of hydrogen-bond donors (Lipinski definition) is 2. The second-order valence-electron chi connectivity index (χ2n) is 6.16. The van der Waals surface area contributed by atoms with Gasteiger partial charge in [0.05, 0.1) is 5.02 Å². The van der Waals surface area contributed by atoms with Crippen LogP contribution in [0.1, 0.15) is 26.7 Å². The first-order chi connectivity index (χ1) is 10.9. The van der Waals surface area contributed by atoms with E-state index in [1.807, 2.05) is 6.07 Å². The molecule has 0 bridgehead atoms. The largest absolute Gasteiger partial charge is 0.480 e. The van der Waals surface area contributed by atoms with Gasteiger partial charge in [-0.15, -0.1) is 0 Å². The molecule has 23 heavy (non-hydrogen) atoms. The molecule has 1 aromatic rings. The highest BCUT2D eigenvalue weighted by Gasteiger charge is 2.30. The van der Waals surface area contributed by atoms with Crippen molar-refractivity contribution >= 4 is 29.3 Å². The number of pyridine rings is 1. The first kappa shape index (κ1) is 17.5. The Kier molecular flexibility index (Phi) is 5.82. The second-order valence-corrected chi connectivity index (χ2v) is 6.60. The van der Waals surface area contributed by atoms with Crippen molar-refractivity contribution in [3.63, 3.8) is 0 Å². The monoisotopic (exact) mass is 339 g/mol. The predicted octanol–water partition coefficient (Wildman–Crippen LogP) is 2.18. The number of aliphatic carboxylic acids is 1. The van der Waals surface area contributed by atoms with E-state index in [9.17, 15) is 9.59 Å². The van der Waals surface area contributed by atoms with Crippen LogP contribution in [0, 0.1) is 11.8 Å². The van der Waals surface area contributed by atoms with Crippen molar-refractivity contribution in [2.45, 2.75) is 32.7 Å². The van der Waals surface area contributed by atoms with Gasteiger partial charge in [0.25, 0.3) is 0 Å². The lowest BCUT2D eigenvalue weighted by molar-refractivity contribution is -0.143. The average molecular weight is 340 g/mol. The van der Waals surface area contributed by atoms with E-state index >= 15 is 0 Å². The Balaban J connectivity index is 1.89. The molecule has 2 N–H and O–H groups in total. The first-order valence-electron chi connectivity index (χ1n) is 7.78. The summed E-state index contributed by atoms with van der Waals surface area (Å²) in [7, 11) is 0. The van der Waals surface area contributed by atoms with E-state index in [0.29, 0.717) is 31.0 Å². The number of rotatable bonds is 5. The number of hydrogen-bond acceptors (Lipinski definition) is 4. The average Bonchev–Trinajstić information content (AvgIpc) is 2.52. The normalized spacial score (nSPS) is 17.1. The zero-order valence-electron chi connectivity index (χ0n) is 13.3. The van der Waals surface area contributed by atoms with Gasteiger partial charge in [0.2, 0.25) is 5.91 Å². The summed E-state index contributed by atoms with van der Waals surface area (Å²) < 4.78 is 0. The topological polar surface area (TPSA) is 82.5 Å². The Morgan fingerprint density at radius 1 is 1.35 bits per heavy atom. The Labute approximate surface area is 140 Å². The van der Waals surface area contributed by atoms with Gasteiger partial charge in [-0.3, -0.25) is 4.79 Å². The van der Waals surface area contributed by atoms with Gasteiger partial charge in [-0.2, -0.15) is 0 Å². The molecule has 1 fully saturated rings. The molecule has 1 atom stereocenters. The third-order valence-electron chi connectivity index (χ3n) is 4.13. The molecule has 0 radical (unpaired) electrons. The fourth-order valence-corrected chi connectivity index (χ4v) is 2.82. The van der Waals surface area contributed by atoms with Gasteiger partial charge in [-0.25, -0.2) is 9.78 Å². The summed E-state index contributed by atoms with van der Waals surface area (Å²) in [5.41, 5.74) is 0. The van der Waals surface area contributed by atoms with E-state index in [-0.39, 0.29) is 17.7 Å². The molecule has 6 nitrogen and oxygen atoms in total. The minimum absolute atomic E-state index is 0.144.